The van der Waals surface area contributed by atoms with Crippen molar-refractivity contribution in [3.05, 3.63) is 29.6 Å². The van der Waals surface area contributed by atoms with Gasteiger partial charge in [-0.2, -0.15) is 0 Å². The summed E-state index contributed by atoms with van der Waals surface area (Å²) in [5.41, 5.74) is 5.27. The van der Waals surface area contributed by atoms with E-state index in [4.69, 9.17) is 5.73 Å². The van der Waals surface area contributed by atoms with E-state index in [9.17, 15) is 14.0 Å². The number of benzene rings is 1. The van der Waals surface area contributed by atoms with Gasteiger partial charge < -0.3 is 16.4 Å². The van der Waals surface area contributed by atoms with Crippen molar-refractivity contribution in [2.45, 2.75) is 18.9 Å². The molecule has 0 bridgehead atoms. The first kappa shape index (κ1) is 12.3. The second kappa shape index (κ2) is 5.03. The summed E-state index contributed by atoms with van der Waals surface area (Å²) < 4.78 is 13.1. The molecule has 4 N–H and O–H groups in total. The van der Waals surface area contributed by atoms with Gasteiger partial charge in [-0.1, -0.05) is 6.07 Å². The third-order valence-electron chi connectivity index (χ3n) is 2.65. The minimum absolute atomic E-state index is 0.0363. The van der Waals surface area contributed by atoms with Gasteiger partial charge in [0, 0.05) is 6.04 Å². The number of para-hydroxylation sites is 1. The summed E-state index contributed by atoms with van der Waals surface area (Å²) in [6.45, 7) is -0.134. The zero-order chi connectivity index (χ0) is 13.1. The van der Waals surface area contributed by atoms with Gasteiger partial charge in [-0.25, -0.2) is 4.39 Å². The third kappa shape index (κ3) is 2.97. The molecule has 0 atom stereocenters. The van der Waals surface area contributed by atoms with Gasteiger partial charge in [-0.05, 0) is 25.0 Å². The van der Waals surface area contributed by atoms with Gasteiger partial charge in [0.2, 0.25) is 5.91 Å². The van der Waals surface area contributed by atoms with Crippen molar-refractivity contribution in [1.82, 2.24) is 10.6 Å². The van der Waals surface area contributed by atoms with Gasteiger partial charge in [-0.3, -0.25) is 9.59 Å². The maximum atomic E-state index is 13.1. The Labute approximate surface area is 104 Å². The molecule has 0 saturated heterocycles. The molecule has 0 heterocycles. The van der Waals surface area contributed by atoms with Crippen molar-refractivity contribution < 1.29 is 14.0 Å². The van der Waals surface area contributed by atoms with Gasteiger partial charge in [-0.15, -0.1) is 0 Å². The molecular weight excluding hydrogens is 237 g/mol. The number of carbonyl (C=O) groups excluding carboxylic acids is 2. The summed E-state index contributed by atoms with van der Waals surface area (Å²) in [6.07, 6.45) is 1.97. The highest BCUT2D eigenvalue weighted by Gasteiger charge is 2.23. The lowest BCUT2D eigenvalue weighted by Gasteiger charge is -2.08. The Morgan fingerprint density at radius 3 is 2.78 bits per heavy atom. The Morgan fingerprint density at radius 2 is 2.11 bits per heavy atom. The molecule has 0 unspecified atom stereocenters. The number of hydrogen-bond acceptors (Lipinski definition) is 3. The van der Waals surface area contributed by atoms with E-state index < -0.39 is 11.7 Å². The SMILES string of the molecule is Nc1c(F)cccc1C(=O)NCC(=O)NC1CC1. The average Bonchev–Trinajstić information content (AvgIpc) is 3.13. The number of rotatable bonds is 4. The van der Waals surface area contributed by atoms with Crippen molar-refractivity contribution in [3.63, 3.8) is 0 Å². The highest BCUT2D eigenvalue weighted by molar-refractivity contribution is 6.00. The van der Waals surface area contributed by atoms with Gasteiger partial charge in [0.25, 0.3) is 5.91 Å². The molecule has 1 aromatic carbocycles. The Kier molecular flexibility index (Phi) is 3.45. The normalized spacial score (nSPS) is 14.1. The maximum absolute atomic E-state index is 13.1. The van der Waals surface area contributed by atoms with E-state index in [1.807, 2.05) is 0 Å². The topological polar surface area (TPSA) is 84.2 Å². The number of nitrogen functional groups attached to an aromatic ring is 1. The van der Waals surface area contributed by atoms with Crippen LogP contribution >= 0.6 is 0 Å². The van der Waals surface area contributed by atoms with Crippen molar-refractivity contribution in [3.8, 4) is 0 Å². The average molecular weight is 251 g/mol. The molecule has 96 valence electrons. The number of amides is 2. The molecule has 18 heavy (non-hydrogen) atoms. The molecule has 2 amide bonds. The molecule has 6 heteroatoms. The quantitative estimate of drug-likeness (QED) is 0.678. The first-order valence-corrected chi connectivity index (χ1v) is 5.69. The van der Waals surface area contributed by atoms with Gasteiger partial charge in [0.15, 0.2) is 0 Å². The minimum Gasteiger partial charge on any atom is -0.396 e. The number of anilines is 1. The predicted octanol–water partition coefficient (Wildman–Crippen LogP) is 0.416. The summed E-state index contributed by atoms with van der Waals surface area (Å²) in [4.78, 5) is 23.0. The Bertz CT molecular complexity index is 486. The van der Waals surface area contributed by atoms with Crippen LogP contribution in [-0.4, -0.2) is 24.4 Å². The number of nitrogens with one attached hydrogen (secondary N) is 2. The highest BCUT2D eigenvalue weighted by atomic mass is 19.1. The Balaban J connectivity index is 1.90. The Hall–Kier alpha value is -2.11. The number of halogens is 1. The van der Waals surface area contributed by atoms with Crippen LogP contribution in [0.25, 0.3) is 0 Å². The number of nitrogens with two attached hydrogens (primary N) is 1. The van der Waals surface area contributed by atoms with E-state index in [0.717, 1.165) is 12.8 Å². The number of carbonyl (C=O) groups is 2. The van der Waals surface area contributed by atoms with E-state index in [-0.39, 0.29) is 29.7 Å². The fourth-order valence-electron chi connectivity index (χ4n) is 1.50. The van der Waals surface area contributed by atoms with Crippen LogP contribution < -0.4 is 16.4 Å². The third-order valence-corrected chi connectivity index (χ3v) is 2.65. The van der Waals surface area contributed by atoms with Crippen LogP contribution in [0.5, 0.6) is 0 Å². The van der Waals surface area contributed by atoms with Crippen molar-refractivity contribution >= 4 is 17.5 Å². The molecule has 2 rings (SSSR count). The zero-order valence-corrected chi connectivity index (χ0v) is 9.70. The van der Waals surface area contributed by atoms with Crippen LogP contribution in [0.2, 0.25) is 0 Å². The lowest BCUT2D eigenvalue weighted by atomic mass is 10.1. The molecule has 1 fully saturated rings. The smallest absolute Gasteiger partial charge is 0.253 e. The molecule has 0 aromatic heterocycles. The van der Waals surface area contributed by atoms with Crippen molar-refractivity contribution in [1.29, 1.82) is 0 Å². The second-order valence-electron chi connectivity index (χ2n) is 4.23. The summed E-state index contributed by atoms with van der Waals surface area (Å²) in [6, 6.07) is 4.22. The van der Waals surface area contributed by atoms with Crippen LogP contribution in [0.1, 0.15) is 23.2 Å². The lowest BCUT2D eigenvalue weighted by Crippen LogP contribution is -2.38. The van der Waals surface area contributed by atoms with Crippen molar-refractivity contribution in [2.75, 3.05) is 12.3 Å². The molecule has 1 aliphatic carbocycles. The van der Waals surface area contributed by atoms with Crippen LogP contribution in [-0.2, 0) is 4.79 Å². The summed E-state index contributed by atoms with van der Waals surface area (Å²) in [5, 5.41) is 5.13. The van der Waals surface area contributed by atoms with Gasteiger partial charge in [0.05, 0.1) is 17.8 Å². The van der Waals surface area contributed by atoms with Crippen LogP contribution in [0.15, 0.2) is 18.2 Å². The van der Waals surface area contributed by atoms with E-state index in [1.54, 1.807) is 0 Å². The van der Waals surface area contributed by atoms with Gasteiger partial charge in [0.1, 0.15) is 5.82 Å². The van der Waals surface area contributed by atoms with Crippen LogP contribution in [0, 0.1) is 5.82 Å². The lowest BCUT2D eigenvalue weighted by molar-refractivity contribution is -0.120. The molecule has 1 saturated carbocycles. The first-order valence-electron chi connectivity index (χ1n) is 5.69. The summed E-state index contributed by atoms with van der Waals surface area (Å²) >= 11 is 0. The molecule has 0 aliphatic heterocycles. The molecule has 5 nitrogen and oxygen atoms in total. The maximum Gasteiger partial charge on any atom is 0.253 e. The summed E-state index contributed by atoms with van der Waals surface area (Å²) in [5.74, 6) is -1.45. The van der Waals surface area contributed by atoms with E-state index in [1.165, 1.54) is 18.2 Å². The zero-order valence-electron chi connectivity index (χ0n) is 9.70. The molecular formula is C12H14FN3O2. The first-order chi connectivity index (χ1) is 8.58. The van der Waals surface area contributed by atoms with Crippen LogP contribution in [0.3, 0.4) is 0 Å². The summed E-state index contributed by atoms with van der Waals surface area (Å²) in [7, 11) is 0. The predicted molar refractivity (Wildman–Crippen MR) is 64.3 cm³/mol. The highest BCUT2D eigenvalue weighted by Crippen LogP contribution is 2.18. The second-order valence-corrected chi connectivity index (χ2v) is 4.23. The minimum atomic E-state index is -0.648. The fourth-order valence-corrected chi connectivity index (χ4v) is 1.50. The molecule has 0 radical (unpaired) electrons. The fraction of sp³-hybridized carbons (Fsp3) is 0.333. The molecule has 1 aliphatic rings. The van der Waals surface area contributed by atoms with Crippen LogP contribution in [0.4, 0.5) is 10.1 Å². The monoisotopic (exact) mass is 251 g/mol. The van der Waals surface area contributed by atoms with Crippen molar-refractivity contribution in [2.24, 2.45) is 0 Å². The molecule has 0 spiro atoms. The Morgan fingerprint density at radius 1 is 1.39 bits per heavy atom. The molecule has 1 aromatic rings. The largest absolute Gasteiger partial charge is 0.396 e. The van der Waals surface area contributed by atoms with E-state index in [2.05, 4.69) is 10.6 Å². The number of hydrogen-bond donors (Lipinski definition) is 3. The van der Waals surface area contributed by atoms with E-state index >= 15 is 0 Å². The standard InChI is InChI=1S/C12H14FN3O2/c13-9-3-1-2-8(11(9)14)12(18)15-6-10(17)16-7-4-5-7/h1-3,7H,4-6,14H2,(H,15,18)(H,16,17). The van der Waals surface area contributed by atoms with E-state index in [0.29, 0.717) is 0 Å². The van der Waals surface area contributed by atoms with Gasteiger partial charge >= 0.3 is 0 Å².